The van der Waals surface area contributed by atoms with E-state index in [9.17, 15) is 57.6 Å². The monoisotopic (exact) mass is 823 g/mol. The van der Waals surface area contributed by atoms with Crippen LogP contribution in [0.5, 0.6) is 0 Å². The summed E-state index contributed by atoms with van der Waals surface area (Å²) < 4.78 is 90.0. The van der Waals surface area contributed by atoms with Gasteiger partial charge in [0.25, 0.3) is 11.6 Å². The van der Waals surface area contributed by atoms with Gasteiger partial charge < -0.3 is 60.7 Å². The lowest BCUT2D eigenvalue weighted by molar-refractivity contribution is -0.292. The van der Waals surface area contributed by atoms with Gasteiger partial charge in [0.05, 0.1) is 12.9 Å². The number of phosphoric ester groups is 3. The highest BCUT2D eigenvalue weighted by Crippen LogP contribution is 2.63. The first-order valence-electron chi connectivity index (χ1n) is 14.1. The average Bonchev–Trinajstić information content (AvgIpc) is 3.73. The third-order valence-corrected chi connectivity index (χ3v) is 11.6. The summed E-state index contributed by atoms with van der Waals surface area (Å²) >= 11 is -3.01. The number of aliphatic hydroxyl groups is 3. The molecule has 288 valence electrons. The zero-order chi connectivity index (χ0) is 38.0. The van der Waals surface area contributed by atoms with Crippen LogP contribution >= 0.6 is 23.5 Å². The fraction of sp³-hybridized carbons (Fsp3) is 0.524. The van der Waals surface area contributed by atoms with Crippen LogP contribution in [0.2, 0.25) is 0 Å². The molecule has 0 spiro atoms. The van der Waals surface area contributed by atoms with Crippen molar-refractivity contribution < 1.29 is 93.3 Å². The SMILES string of the molecule is NC(=O)C1=CN([C@@H]2O[C@H](COP(=O)(O)OP(=O)(O)OC[C@]34O[C@@H](n5cnc6c(N)ncnc65)[C@@H](OP(=O)(O)O)[C@@]3(O)OS(=O)O4)[C@@H](O)[C@H]2O)C=CC1. The molecule has 2 aromatic heterocycles. The van der Waals surface area contributed by atoms with E-state index >= 15 is 0 Å². The molecule has 4 aliphatic heterocycles. The van der Waals surface area contributed by atoms with Crippen LogP contribution in [0.15, 0.2) is 36.7 Å². The maximum atomic E-state index is 12.9. The van der Waals surface area contributed by atoms with Gasteiger partial charge in [-0.2, -0.15) is 8.52 Å². The van der Waals surface area contributed by atoms with Gasteiger partial charge in [-0.1, -0.05) is 6.08 Å². The molecule has 3 fully saturated rings. The predicted octanol–water partition coefficient (Wildman–Crippen LogP) is -3.29. The number of ether oxygens (including phenoxy) is 2. The Bertz CT molecular complexity index is 1980. The number of carbonyl (C=O) groups is 1. The van der Waals surface area contributed by atoms with Gasteiger partial charge in [0.1, 0.15) is 36.8 Å². The molecule has 27 nitrogen and oxygen atoms in total. The third-order valence-electron chi connectivity index (χ3n) is 7.71. The molecule has 4 aliphatic rings. The first kappa shape index (κ1) is 39.0. The molecule has 0 aliphatic carbocycles. The Balaban J connectivity index is 1.16. The number of aromatic nitrogens is 4. The molecule has 52 heavy (non-hydrogen) atoms. The lowest BCUT2D eigenvalue weighted by Gasteiger charge is -2.31. The number of allylic oxidation sites excluding steroid dienone is 1. The highest BCUT2D eigenvalue weighted by molar-refractivity contribution is 7.75. The van der Waals surface area contributed by atoms with Crippen molar-refractivity contribution in [1.29, 1.82) is 0 Å². The molecule has 11 N–H and O–H groups in total. The van der Waals surface area contributed by atoms with Gasteiger partial charge in [0, 0.05) is 18.0 Å². The highest BCUT2D eigenvalue weighted by Gasteiger charge is 2.77. The molecule has 0 radical (unpaired) electrons. The summed E-state index contributed by atoms with van der Waals surface area (Å²) in [6.07, 6.45) is -4.42. The summed E-state index contributed by atoms with van der Waals surface area (Å²) in [6, 6.07) is 0. The largest absolute Gasteiger partial charge is 0.481 e. The van der Waals surface area contributed by atoms with E-state index in [2.05, 4.69) is 23.8 Å². The Kier molecular flexibility index (Phi) is 10.4. The summed E-state index contributed by atoms with van der Waals surface area (Å²) in [7, 11) is -17.1. The second-order valence-electron chi connectivity index (χ2n) is 11.1. The summed E-state index contributed by atoms with van der Waals surface area (Å²) in [4.78, 5) is 64.1. The van der Waals surface area contributed by atoms with Crippen molar-refractivity contribution in [3.05, 3.63) is 36.7 Å². The minimum Gasteiger partial charge on any atom is -0.387 e. The Morgan fingerprint density at radius 2 is 1.77 bits per heavy atom. The van der Waals surface area contributed by atoms with Gasteiger partial charge >= 0.3 is 34.8 Å². The molecule has 0 bridgehead atoms. The zero-order valence-electron chi connectivity index (χ0n) is 25.6. The van der Waals surface area contributed by atoms with Crippen LogP contribution in [-0.2, 0) is 65.6 Å². The van der Waals surface area contributed by atoms with Crippen LogP contribution in [0.1, 0.15) is 12.6 Å². The van der Waals surface area contributed by atoms with Gasteiger partial charge in [0.15, 0.2) is 30.0 Å². The molecule has 3 unspecified atom stereocenters. The minimum absolute atomic E-state index is 0.0642. The van der Waals surface area contributed by atoms with E-state index in [-0.39, 0.29) is 29.0 Å². The summed E-state index contributed by atoms with van der Waals surface area (Å²) in [5, 5.41) is 32.4. The number of amides is 1. The van der Waals surface area contributed by atoms with Gasteiger partial charge in [-0.15, -0.1) is 0 Å². The molecule has 0 saturated carbocycles. The van der Waals surface area contributed by atoms with Crippen LogP contribution < -0.4 is 11.5 Å². The number of hydrogen-bond acceptors (Lipinski definition) is 21. The fourth-order valence-corrected chi connectivity index (χ4v) is 8.91. The number of fused-ring (bicyclic) bond motifs is 2. The molecular weight excluding hydrogens is 795 g/mol. The number of nitrogen functional groups attached to an aromatic ring is 1. The van der Waals surface area contributed by atoms with E-state index in [0.717, 1.165) is 17.2 Å². The molecule has 2 aromatic rings. The Morgan fingerprint density at radius 1 is 1.06 bits per heavy atom. The topological polar surface area (TPSA) is 400 Å². The van der Waals surface area contributed by atoms with E-state index in [4.69, 9.17) is 38.4 Å². The lowest BCUT2D eigenvalue weighted by atomic mass is 10.0. The van der Waals surface area contributed by atoms with Crippen molar-refractivity contribution in [2.75, 3.05) is 18.9 Å². The summed E-state index contributed by atoms with van der Waals surface area (Å²) in [5.41, 5.74) is 11.0. The third kappa shape index (κ3) is 7.51. The smallest absolute Gasteiger partial charge is 0.387 e. The second-order valence-corrected chi connectivity index (χ2v) is 16.1. The number of nitrogens with zero attached hydrogens (tertiary/aromatic N) is 5. The normalized spacial score (nSPS) is 35.7. The maximum absolute atomic E-state index is 12.9. The fourth-order valence-electron chi connectivity index (χ4n) is 5.39. The van der Waals surface area contributed by atoms with Gasteiger partial charge in [-0.05, 0) is 6.42 Å². The van der Waals surface area contributed by atoms with Crippen molar-refractivity contribution in [3.8, 4) is 0 Å². The van der Waals surface area contributed by atoms with E-state index < -0.39 is 102 Å². The van der Waals surface area contributed by atoms with Crippen molar-refractivity contribution >= 4 is 57.7 Å². The molecule has 3 saturated heterocycles. The predicted molar refractivity (Wildman–Crippen MR) is 161 cm³/mol. The number of phosphoric acid groups is 3. The maximum Gasteiger partial charge on any atom is 0.481 e. The Labute approximate surface area is 291 Å². The van der Waals surface area contributed by atoms with Crippen molar-refractivity contribution in [2.45, 2.75) is 54.9 Å². The van der Waals surface area contributed by atoms with Gasteiger partial charge in [-0.25, -0.2) is 37.0 Å². The molecule has 6 heterocycles. The minimum atomic E-state index is -5.83. The van der Waals surface area contributed by atoms with Crippen molar-refractivity contribution in [2.24, 2.45) is 5.73 Å². The number of nitrogens with two attached hydrogens (primary N) is 2. The van der Waals surface area contributed by atoms with E-state index in [1.807, 2.05) is 0 Å². The van der Waals surface area contributed by atoms with E-state index in [1.54, 1.807) is 0 Å². The second kappa shape index (κ2) is 13.9. The van der Waals surface area contributed by atoms with Crippen molar-refractivity contribution in [1.82, 2.24) is 24.4 Å². The number of hydrogen-bond donors (Lipinski definition) is 9. The molecule has 11 atom stereocenters. The number of primary amides is 1. The zero-order valence-corrected chi connectivity index (χ0v) is 29.1. The van der Waals surface area contributed by atoms with Crippen LogP contribution in [0.4, 0.5) is 5.82 Å². The molecule has 1 amide bonds. The summed E-state index contributed by atoms with van der Waals surface area (Å²) in [5.74, 6) is -7.34. The van der Waals surface area contributed by atoms with E-state index in [0.29, 0.717) is 0 Å². The quantitative estimate of drug-likeness (QED) is 0.0894. The van der Waals surface area contributed by atoms with Gasteiger partial charge in [-0.3, -0.25) is 22.9 Å². The molecule has 6 rings (SSSR count). The summed E-state index contributed by atoms with van der Waals surface area (Å²) in [6.45, 7) is -2.63. The average molecular weight is 823 g/mol. The molecule has 31 heteroatoms. The number of aliphatic hydroxyl groups excluding tert-OH is 2. The first-order valence-corrected chi connectivity index (χ1v) is 19.7. The molecule has 0 aromatic carbocycles. The standard InChI is InChI=1S/C21H28N7O20P3S/c22-15-11-17(25-7-24-15)28(8-26-11)19-14(45-49(33,34)35)21(32)20(44-19,46-52(40)47-21)6-42-51(38,39)48-50(36,37)41-5-10-12(29)13(30)18(43-10)27-3-1-2-9(4-27)16(23)31/h1,3-4,7-8,10,12-14,18-19,29-30,32H,2,5-6H2,(H2,23,31)(H,36,37)(H,38,39)(H2,22,24,25)(H2,33,34,35)/t10-,12-,13-,14-,18-,19-,20-,21-,52?/m1/s1. The highest BCUT2D eigenvalue weighted by atomic mass is 32.2. The number of rotatable bonds is 13. The van der Waals surface area contributed by atoms with Crippen LogP contribution in [0.25, 0.3) is 11.2 Å². The molecular formula is C21H28N7O20P3S. The number of carbonyl (C=O) groups excluding carboxylic acids is 1. The van der Waals surface area contributed by atoms with Crippen molar-refractivity contribution in [3.63, 3.8) is 0 Å². The first-order chi connectivity index (χ1) is 24.1. The van der Waals surface area contributed by atoms with Crippen LogP contribution in [0, 0.1) is 0 Å². The lowest BCUT2D eigenvalue weighted by Crippen LogP contribution is -2.57. The Morgan fingerprint density at radius 3 is 2.46 bits per heavy atom. The Hall–Kier alpha value is -2.66. The number of anilines is 1. The van der Waals surface area contributed by atoms with Crippen LogP contribution in [0.3, 0.4) is 0 Å². The van der Waals surface area contributed by atoms with Crippen LogP contribution in [-0.4, -0.2) is 125 Å². The number of imidazole rings is 1. The van der Waals surface area contributed by atoms with Gasteiger partial charge in [0.2, 0.25) is 5.91 Å². The van der Waals surface area contributed by atoms with E-state index in [1.165, 1.54) is 23.4 Å².